The Balaban J connectivity index is 2.12. The second-order valence-corrected chi connectivity index (χ2v) is 8.17. The van der Waals surface area contributed by atoms with Gasteiger partial charge in [-0.15, -0.1) is 0 Å². The molecule has 2 N–H and O–H groups in total. The molecule has 0 saturated carbocycles. The van der Waals surface area contributed by atoms with Gasteiger partial charge in [0.25, 0.3) is 0 Å². The first-order chi connectivity index (χ1) is 8.38. The van der Waals surface area contributed by atoms with E-state index in [2.05, 4.69) is 23.9 Å². The molecule has 5 nitrogen and oxygen atoms in total. The van der Waals surface area contributed by atoms with E-state index in [0.29, 0.717) is 18.1 Å². The summed E-state index contributed by atoms with van der Waals surface area (Å²) in [6.07, 6.45) is 2.96. The van der Waals surface area contributed by atoms with Crippen LogP contribution < -0.4 is 5.73 Å². The second-order valence-electron chi connectivity index (χ2n) is 5.94. The van der Waals surface area contributed by atoms with E-state index in [1.165, 1.54) is 0 Å². The van der Waals surface area contributed by atoms with Gasteiger partial charge < -0.3 is 10.6 Å². The Bertz CT molecular complexity index is 398. The number of hydrogen-bond acceptors (Lipinski definition) is 5. The highest BCUT2D eigenvalue weighted by atomic mass is 32.2. The molecule has 2 aliphatic heterocycles. The first-order valence-electron chi connectivity index (χ1n) is 6.70. The SMILES string of the molecule is CN1CCCC(CN)(N(C)C2CCS(=O)(=O)C2)C1. The fourth-order valence-electron chi connectivity index (χ4n) is 3.41. The topological polar surface area (TPSA) is 66.6 Å². The second kappa shape index (κ2) is 5.07. The molecule has 0 aromatic carbocycles. The third-order valence-electron chi connectivity index (χ3n) is 4.63. The lowest BCUT2D eigenvalue weighted by Crippen LogP contribution is -2.63. The van der Waals surface area contributed by atoms with Gasteiger partial charge in [-0.2, -0.15) is 0 Å². The zero-order valence-electron chi connectivity index (χ0n) is 11.4. The maximum Gasteiger partial charge on any atom is 0.151 e. The van der Waals surface area contributed by atoms with Crippen molar-refractivity contribution in [3.8, 4) is 0 Å². The largest absolute Gasteiger partial charge is 0.329 e. The zero-order valence-corrected chi connectivity index (χ0v) is 12.2. The van der Waals surface area contributed by atoms with Crippen molar-refractivity contribution in [2.24, 2.45) is 5.73 Å². The molecule has 2 heterocycles. The van der Waals surface area contributed by atoms with Gasteiger partial charge in [0.05, 0.1) is 11.5 Å². The normalized spacial score (nSPS) is 37.2. The van der Waals surface area contributed by atoms with E-state index in [-0.39, 0.29) is 11.6 Å². The molecule has 0 spiro atoms. The standard InChI is InChI=1S/C12H25N3O2S/c1-14-6-3-5-12(9-13,10-14)15(2)11-4-7-18(16,17)8-11/h11H,3-10,13H2,1-2H3. The van der Waals surface area contributed by atoms with Crippen molar-refractivity contribution in [1.29, 1.82) is 0 Å². The number of rotatable bonds is 3. The molecule has 2 rings (SSSR count). The first-order valence-corrected chi connectivity index (χ1v) is 8.53. The number of hydrogen-bond donors (Lipinski definition) is 1. The maximum absolute atomic E-state index is 11.6. The molecule has 2 atom stereocenters. The minimum Gasteiger partial charge on any atom is -0.329 e. The average Bonchev–Trinajstić information content (AvgIpc) is 2.68. The van der Waals surface area contributed by atoms with Crippen LogP contribution in [0.2, 0.25) is 0 Å². The molecule has 6 heteroatoms. The van der Waals surface area contributed by atoms with Crippen molar-refractivity contribution >= 4 is 9.84 Å². The lowest BCUT2D eigenvalue weighted by atomic mass is 9.86. The molecule has 0 aromatic rings. The lowest BCUT2D eigenvalue weighted by molar-refractivity contribution is 0.0220. The summed E-state index contributed by atoms with van der Waals surface area (Å²) in [4.78, 5) is 4.56. The summed E-state index contributed by atoms with van der Waals surface area (Å²) < 4.78 is 23.2. The predicted octanol–water partition coefficient (Wildman–Crippen LogP) is -0.472. The molecule has 2 fully saturated rings. The molecule has 0 aromatic heterocycles. The number of sulfone groups is 1. The predicted molar refractivity (Wildman–Crippen MR) is 73.3 cm³/mol. The quantitative estimate of drug-likeness (QED) is 0.754. The smallest absolute Gasteiger partial charge is 0.151 e. The molecule has 2 saturated heterocycles. The van der Waals surface area contributed by atoms with Crippen LogP contribution in [0.1, 0.15) is 19.3 Å². The minimum atomic E-state index is -2.82. The van der Waals surface area contributed by atoms with Crippen molar-refractivity contribution in [3.63, 3.8) is 0 Å². The Morgan fingerprint density at radius 2 is 2.22 bits per heavy atom. The number of likely N-dealkylation sites (N-methyl/N-ethyl adjacent to an activating group) is 2. The molecule has 2 unspecified atom stereocenters. The molecule has 0 bridgehead atoms. The van der Waals surface area contributed by atoms with E-state index < -0.39 is 9.84 Å². The Morgan fingerprint density at radius 3 is 2.72 bits per heavy atom. The number of nitrogens with zero attached hydrogens (tertiary/aromatic N) is 2. The van der Waals surface area contributed by atoms with Crippen LogP contribution in [0.4, 0.5) is 0 Å². The molecule has 2 aliphatic rings. The molecule has 106 valence electrons. The molecule has 0 radical (unpaired) electrons. The minimum absolute atomic E-state index is 0.0441. The fourth-order valence-corrected chi connectivity index (χ4v) is 5.18. The van der Waals surface area contributed by atoms with Crippen molar-refractivity contribution in [1.82, 2.24) is 9.80 Å². The van der Waals surface area contributed by atoms with Crippen LogP contribution in [0.25, 0.3) is 0 Å². The Labute approximate surface area is 110 Å². The molecular formula is C12H25N3O2S. The summed E-state index contributed by atoms with van der Waals surface area (Å²) in [7, 11) is 1.34. The van der Waals surface area contributed by atoms with E-state index in [9.17, 15) is 8.42 Å². The fraction of sp³-hybridized carbons (Fsp3) is 1.00. The van der Waals surface area contributed by atoms with Crippen molar-refractivity contribution in [2.45, 2.75) is 30.8 Å². The molecule has 0 aliphatic carbocycles. The first kappa shape index (κ1) is 14.2. The van der Waals surface area contributed by atoms with Gasteiger partial charge >= 0.3 is 0 Å². The number of nitrogens with two attached hydrogens (primary N) is 1. The molecule has 18 heavy (non-hydrogen) atoms. The number of piperidine rings is 1. The Kier molecular flexibility index (Phi) is 4.02. The third-order valence-corrected chi connectivity index (χ3v) is 6.38. The van der Waals surface area contributed by atoms with E-state index in [0.717, 1.165) is 32.4 Å². The number of likely N-dealkylation sites (tertiary alicyclic amines) is 1. The summed E-state index contributed by atoms with van der Waals surface area (Å²) in [6, 6.07) is 0.144. The maximum atomic E-state index is 11.6. The summed E-state index contributed by atoms with van der Waals surface area (Å²) in [5.74, 6) is 0.632. The van der Waals surface area contributed by atoms with E-state index in [4.69, 9.17) is 5.73 Å². The van der Waals surface area contributed by atoms with Gasteiger partial charge in [0, 0.05) is 24.7 Å². The highest BCUT2D eigenvalue weighted by Gasteiger charge is 2.42. The zero-order chi connectivity index (χ0) is 13.4. The summed E-state index contributed by atoms with van der Waals surface area (Å²) in [5.41, 5.74) is 5.97. The van der Waals surface area contributed by atoms with Crippen LogP contribution in [-0.4, -0.2) is 75.0 Å². The highest BCUT2D eigenvalue weighted by molar-refractivity contribution is 7.91. The van der Waals surface area contributed by atoms with Crippen LogP contribution in [0.5, 0.6) is 0 Å². The van der Waals surface area contributed by atoms with Crippen LogP contribution in [0.3, 0.4) is 0 Å². The summed E-state index contributed by atoms with van der Waals surface area (Å²) in [6.45, 7) is 2.65. The Morgan fingerprint density at radius 1 is 1.50 bits per heavy atom. The van der Waals surface area contributed by atoms with Crippen LogP contribution in [0, 0.1) is 0 Å². The molecular weight excluding hydrogens is 250 g/mol. The highest BCUT2D eigenvalue weighted by Crippen LogP contribution is 2.30. The van der Waals surface area contributed by atoms with Gasteiger partial charge in [-0.25, -0.2) is 8.42 Å². The summed E-state index contributed by atoms with van der Waals surface area (Å²) in [5, 5.41) is 0. The van der Waals surface area contributed by atoms with Gasteiger partial charge in [0.1, 0.15) is 0 Å². The van der Waals surface area contributed by atoms with Gasteiger partial charge in [-0.05, 0) is 39.9 Å². The van der Waals surface area contributed by atoms with Crippen molar-refractivity contribution in [2.75, 3.05) is 45.2 Å². The monoisotopic (exact) mass is 275 g/mol. The van der Waals surface area contributed by atoms with Crippen LogP contribution in [-0.2, 0) is 9.84 Å². The van der Waals surface area contributed by atoms with E-state index in [1.54, 1.807) is 0 Å². The van der Waals surface area contributed by atoms with Gasteiger partial charge in [-0.1, -0.05) is 0 Å². The third kappa shape index (κ3) is 2.71. The Hall–Kier alpha value is -0.170. The van der Waals surface area contributed by atoms with Crippen LogP contribution >= 0.6 is 0 Å². The van der Waals surface area contributed by atoms with Crippen LogP contribution in [0.15, 0.2) is 0 Å². The van der Waals surface area contributed by atoms with Gasteiger partial charge in [0.15, 0.2) is 9.84 Å². The lowest BCUT2D eigenvalue weighted by Gasteiger charge is -2.49. The average molecular weight is 275 g/mol. The van der Waals surface area contributed by atoms with Gasteiger partial charge in [-0.3, -0.25) is 4.90 Å². The van der Waals surface area contributed by atoms with Gasteiger partial charge in [0.2, 0.25) is 0 Å². The summed E-state index contributed by atoms with van der Waals surface area (Å²) >= 11 is 0. The molecule has 0 amide bonds. The van der Waals surface area contributed by atoms with Crippen molar-refractivity contribution < 1.29 is 8.42 Å². The van der Waals surface area contributed by atoms with Crippen molar-refractivity contribution in [3.05, 3.63) is 0 Å². The van der Waals surface area contributed by atoms with E-state index >= 15 is 0 Å². The van der Waals surface area contributed by atoms with E-state index in [1.807, 2.05) is 0 Å².